The summed E-state index contributed by atoms with van der Waals surface area (Å²) in [7, 11) is -3.24. The van der Waals surface area contributed by atoms with Crippen molar-refractivity contribution < 1.29 is 8.42 Å². The van der Waals surface area contributed by atoms with Crippen LogP contribution in [0.15, 0.2) is 54.6 Å². The lowest BCUT2D eigenvalue weighted by Gasteiger charge is -2.21. The molecule has 2 saturated heterocycles. The van der Waals surface area contributed by atoms with Crippen molar-refractivity contribution in [3.63, 3.8) is 0 Å². The van der Waals surface area contributed by atoms with Crippen LogP contribution in [-0.2, 0) is 22.3 Å². The summed E-state index contributed by atoms with van der Waals surface area (Å²) in [5.74, 6) is 0.957. The quantitative estimate of drug-likeness (QED) is 0.786. The molecule has 4 rings (SSSR count). The minimum absolute atomic E-state index is 0.0967. The van der Waals surface area contributed by atoms with Crippen LogP contribution in [0.5, 0.6) is 0 Å². The highest BCUT2D eigenvalue weighted by Gasteiger charge is 2.43. The summed E-state index contributed by atoms with van der Waals surface area (Å²) < 4.78 is 27.2. The molecular formula is C20H23ClN2O2S. The minimum atomic E-state index is -3.24. The average molecular weight is 391 g/mol. The predicted octanol–water partition coefficient (Wildman–Crippen LogP) is 3.23. The van der Waals surface area contributed by atoms with Crippen molar-refractivity contribution in [1.29, 1.82) is 0 Å². The van der Waals surface area contributed by atoms with Crippen molar-refractivity contribution in [2.75, 3.05) is 26.2 Å². The van der Waals surface area contributed by atoms with Crippen molar-refractivity contribution in [2.45, 2.75) is 12.3 Å². The summed E-state index contributed by atoms with van der Waals surface area (Å²) in [6, 6.07) is 17.4. The minimum Gasteiger partial charge on any atom is -0.298 e. The lowest BCUT2D eigenvalue weighted by atomic mass is 10.0. The summed E-state index contributed by atoms with van der Waals surface area (Å²) in [5, 5.41) is 0.764. The normalized spacial score (nSPS) is 24.0. The van der Waals surface area contributed by atoms with Crippen LogP contribution in [-0.4, -0.2) is 43.8 Å². The molecule has 4 nitrogen and oxygen atoms in total. The smallest absolute Gasteiger partial charge is 0.218 e. The van der Waals surface area contributed by atoms with E-state index in [-0.39, 0.29) is 5.75 Å². The van der Waals surface area contributed by atoms with Crippen LogP contribution in [0, 0.1) is 11.8 Å². The van der Waals surface area contributed by atoms with Crippen LogP contribution in [0.2, 0.25) is 5.02 Å². The Kier molecular flexibility index (Phi) is 5.06. The fourth-order valence-electron chi connectivity index (χ4n) is 4.17. The molecule has 2 aromatic rings. The maximum atomic E-state index is 12.7. The second-order valence-corrected chi connectivity index (χ2v) is 9.81. The van der Waals surface area contributed by atoms with Crippen LogP contribution in [0.4, 0.5) is 0 Å². The van der Waals surface area contributed by atoms with Crippen LogP contribution in [0.1, 0.15) is 11.1 Å². The number of likely N-dealkylation sites (tertiary alicyclic amines) is 1. The summed E-state index contributed by atoms with van der Waals surface area (Å²) in [6.07, 6.45) is 0. The number of nitrogens with zero attached hydrogens (tertiary/aromatic N) is 2. The van der Waals surface area contributed by atoms with Gasteiger partial charge in [-0.25, -0.2) is 12.7 Å². The highest BCUT2D eigenvalue weighted by Crippen LogP contribution is 2.34. The Labute approximate surface area is 160 Å². The van der Waals surface area contributed by atoms with Gasteiger partial charge in [0.05, 0.1) is 5.75 Å². The van der Waals surface area contributed by atoms with E-state index >= 15 is 0 Å². The number of fused-ring (bicyclic) bond motifs is 1. The number of hydrogen-bond acceptors (Lipinski definition) is 3. The van der Waals surface area contributed by atoms with Gasteiger partial charge in [-0.1, -0.05) is 54.1 Å². The van der Waals surface area contributed by atoms with Crippen molar-refractivity contribution in [1.82, 2.24) is 9.21 Å². The van der Waals surface area contributed by atoms with Gasteiger partial charge in [0.15, 0.2) is 0 Å². The van der Waals surface area contributed by atoms with E-state index in [0.717, 1.165) is 30.2 Å². The maximum Gasteiger partial charge on any atom is 0.218 e. The maximum absolute atomic E-state index is 12.7. The molecule has 138 valence electrons. The molecule has 2 unspecified atom stereocenters. The van der Waals surface area contributed by atoms with Gasteiger partial charge in [0.25, 0.3) is 0 Å². The standard InChI is InChI=1S/C20H23ClN2O2S/c21-20-8-4-7-17(9-20)10-22-11-18-13-23(14-19(18)12-22)26(24,25)15-16-5-2-1-3-6-16/h1-9,18-19H,10-15H2. The molecule has 0 radical (unpaired) electrons. The third-order valence-corrected chi connectivity index (χ3v) is 7.43. The van der Waals surface area contributed by atoms with E-state index in [9.17, 15) is 8.42 Å². The Bertz CT molecular complexity index is 858. The zero-order chi connectivity index (χ0) is 18.1. The fraction of sp³-hybridized carbons (Fsp3) is 0.400. The Morgan fingerprint density at radius 1 is 0.885 bits per heavy atom. The van der Waals surface area contributed by atoms with E-state index in [2.05, 4.69) is 11.0 Å². The third-order valence-electron chi connectivity index (χ3n) is 5.41. The van der Waals surface area contributed by atoms with Crippen molar-refractivity contribution in [2.24, 2.45) is 11.8 Å². The number of hydrogen-bond donors (Lipinski definition) is 0. The molecule has 2 atom stereocenters. The van der Waals surface area contributed by atoms with Crippen molar-refractivity contribution >= 4 is 21.6 Å². The van der Waals surface area contributed by atoms with E-state index in [1.165, 1.54) is 5.56 Å². The Morgan fingerprint density at radius 2 is 1.54 bits per heavy atom. The number of halogens is 1. The van der Waals surface area contributed by atoms with Crippen molar-refractivity contribution in [3.8, 4) is 0 Å². The van der Waals surface area contributed by atoms with E-state index in [1.54, 1.807) is 4.31 Å². The van der Waals surface area contributed by atoms with Gasteiger partial charge >= 0.3 is 0 Å². The van der Waals surface area contributed by atoms with E-state index in [0.29, 0.717) is 24.9 Å². The van der Waals surface area contributed by atoms with Crippen LogP contribution < -0.4 is 0 Å². The van der Waals surface area contributed by atoms with Gasteiger partial charge in [0.2, 0.25) is 10.0 Å². The van der Waals surface area contributed by atoms with Crippen LogP contribution in [0.25, 0.3) is 0 Å². The molecular weight excluding hydrogens is 368 g/mol. The molecule has 0 aromatic heterocycles. The summed E-state index contributed by atoms with van der Waals surface area (Å²) in [5.41, 5.74) is 2.07. The first kappa shape index (κ1) is 18.0. The topological polar surface area (TPSA) is 40.6 Å². The first-order valence-corrected chi connectivity index (χ1v) is 11.0. The lowest BCUT2D eigenvalue weighted by Crippen LogP contribution is -2.34. The van der Waals surface area contributed by atoms with Gasteiger partial charge in [-0.15, -0.1) is 0 Å². The molecule has 0 N–H and O–H groups in total. The first-order chi connectivity index (χ1) is 12.5. The molecule has 6 heteroatoms. The molecule has 0 bridgehead atoms. The number of rotatable bonds is 5. The highest BCUT2D eigenvalue weighted by atomic mass is 35.5. The van der Waals surface area contributed by atoms with Crippen molar-refractivity contribution in [3.05, 3.63) is 70.7 Å². The second kappa shape index (κ2) is 7.31. The molecule has 2 aromatic carbocycles. The van der Waals surface area contributed by atoms with E-state index in [4.69, 9.17) is 11.6 Å². The Balaban J connectivity index is 1.36. The largest absolute Gasteiger partial charge is 0.298 e. The molecule has 2 fully saturated rings. The zero-order valence-corrected chi connectivity index (χ0v) is 16.2. The fourth-order valence-corrected chi connectivity index (χ4v) is 6.02. The molecule has 0 aliphatic carbocycles. The third kappa shape index (κ3) is 3.96. The predicted molar refractivity (Wildman–Crippen MR) is 104 cm³/mol. The van der Waals surface area contributed by atoms with Crippen LogP contribution in [0.3, 0.4) is 0 Å². The summed E-state index contributed by atoms with van der Waals surface area (Å²) >= 11 is 6.07. The highest BCUT2D eigenvalue weighted by molar-refractivity contribution is 7.88. The lowest BCUT2D eigenvalue weighted by molar-refractivity contribution is 0.289. The Hall–Kier alpha value is -1.40. The zero-order valence-electron chi connectivity index (χ0n) is 14.6. The van der Waals surface area contributed by atoms with Gasteiger partial charge in [0, 0.05) is 37.7 Å². The SMILES string of the molecule is O=S(=O)(Cc1ccccc1)N1CC2CN(Cc3cccc(Cl)c3)CC2C1. The number of sulfonamides is 1. The Morgan fingerprint density at radius 3 is 2.19 bits per heavy atom. The molecule has 26 heavy (non-hydrogen) atoms. The number of benzene rings is 2. The van der Waals surface area contributed by atoms with Gasteiger partial charge in [0.1, 0.15) is 0 Å². The average Bonchev–Trinajstić information content (AvgIpc) is 3.14. The van der Waals surface area contributed by atoms with Gasteiger partial charge in [-0.05, 0) is 35.1 Å². The van der Waals surface area contributed by atoms with Gasteiger partial charge in [-0.3, -0.25) is 4.90 Å². The molecule has 2 heterocycles. The monoisotopic (exact) mass is 390 g/mol. The first-order valence-electron chi connectivity index (χ1n) is 8.98. The van der Waals surface area contributed by atoms with Gasteiger partial charge < -0.3 is 0 Å². The molecule has 0 saturated carbocycles. The molecule has 0 spiro atoms. The molecule has 2 aliphatic heterocycles. The summed E-state index contributed by atoms with van der Waals surface area (Å²) in [6.45, 7) is 4.07. The second-order valence-electron chi connectivity index (χ2n) is 7.40. The van der Waals surface area contributed by atoms with E-state index in [1.807, 2.05) is 48.5 Å². The molecule has 2 aliphatic rings. The van der Waals surface area contributed by atoms with Gasteiger partial charge in [-0.2, -0.15) is 0 Å². The molecule has 0 amide bonds. The summed E-state index contributed by atoms with van der Waals surface area (Å²) in [4.78, 5) is 2.42. The van der Waals surface area contributed by atoms with E-state index < -0.39 is 10.0 Å². The van der Waals surface area contributed by atoms with Crippen LogP contribution >= 0.6 is 11.6 Å².